The van der Waals surface area contributed by atoms with Crippen LogP contribution in [0, 0.1) is 5.92 Å². The lowest BCUT2D eigenvalue weighted by Gasteiger charge is -2.35. The molecule has 0 radical (unpaired) electrons. The van der Waals surface area contributed by atoms with Gasteiger partial charge in [-0.15, -0.1) is 0 Å². The van der Waals surface area contributed by atoms with E-state index in [0.29, 0.717) is 11.8 Å². The van der Waals surface area contributed by atoms with Crippen molar-refractivity contribution in [1.29, 1.82) is 0 Å². The molecule has 0 saturated heterocycles. The SMILES string of the molecule is CCCCC/C=C\CC/C=C/CN(C(=O)C1CC1)C(C)(C)C. The molecule has 2 nitrogen and oxygen atoms in total. The van der Waals surface area contributed by atoms with Crippen molar-refractivity contribution in [1.82, 2.24) is 4.90 Å². The van der Waals surface area contributed by atoms with Crippen LogP contribution in [0.2, 0.25) is 0 Å². The van der Waals surface area contributed by atoms with Gasteiger partial charge in [0.15, 0.2) is 0 Å². The molecule has 1 amide bonds. The Hall–Kier alpha value is -1.05. The third-order valence-corrected chi connectivity index (χ3v) is 4.10. The molecule has 0 aromatic rings. The lowest BCUT2D eigenvalue weighted by molar-refractivity contribution is -0.136. The minimum atomic E-state index is -0.0802. The lowest BCUT2D eigenvalue weighted by atomic mass is 10.0. The fourth-order valence-electron chi connectivity index (χ4n) is 2.48. The van der Waals surface area contributed by atoms with Gasteiger partial charge >= 0.3 is 0 Å². The number of hydrogen-bond acceptors (Lipinski definition) is 1. The first-order valence-corrected chi connectivity index (χ1v) is 9.08. The van der Waals surface area contributed by atoms with Gasteiger partial charge in [-0.05, 0) is 59.3 Å². The highest BCUT2D eigenvalue weighted by atomic mass is 16.2. The van der Waals surface area contributed by atoms with Crippen molar-refractivity contribution in [3.8, 4) is 0 Å². The van der Waals surface area contributed by atoms with Gasteiger partial charge in [0.05, 0.1) is 0 Å². The van der Waals surface area contributed by atoms with Crippen molar-refractivity contribution in [2.45, 2.75) is 84.6 Å². The molecule has 0 spiro atoms. The summed E-state index contributed by atoms with van der Waals surface area (Å²) in [6, 6.07) is 0. The van der Waals surface area contributed by atoms with Crippen molar-refractivity contribution in [3.63, 3.8) is 0 Å². The number of hydrogen-bond donors (Lipinski definition) is 0. The molecule has 0 unspecified atom stereocenters. The van der Waals surface area contributed by atoms with Crippen molar-refractivity contribution in [2.24, 2.45) is 5.92 Å². The Labute approximate surface area is 137 Å². The van der Waals surface area contributed by atoms with E-state index in [-0.39, 0.29) is 5.54 Å². The van der Waals surface area contributed by atoms with Crippen LogP contribution < -0.4 is 0 Å². The summed E-state index contributed by atoms with van der Waals surface area (Å²) >= 11 is 0. The zero-order valence-electron chi connectivity index (χ0n) is 15.1. The molecule has 1 aliphatic rings. The number of rotatable bonds is 10. The Kier molecular flexibility index (Phi) is 8.52. The van der Waals surface area contributed by atoms with Crippen LogP contribution in [0.1, 0.15) is 79.1 Å². The van der Waals surface area contributed by atoms with Crippen molar-refractivity contribution >= 4 is 5.91 Å². The highest BCUT2D eigenvalue weighted by Crippen LogP contribution is 2.33. The summed E-state index contributed by atoms with van der Waals surface area (Å²) < 4.78 is 0. The molecule has 0 heterocycles. The second-order valence-electron chi connectivity index (χ2n) is 7.41. The Morgan fingerprint density at radius 3 is 2.14 bits per heavy atom. The summed E-state index contributed by atoms with van der Waals surface area (Å²) in [4.78, 5) is 14.4. The van der Waals surface area contributed by atoms with Crippen molar-refractivity contribution in [2.75, 3.05) is 6.54 Å². The Bertz CT molecular complexity index is 372. The smallest absolute Gasteiger partial charge is 0.226 e. The van der Waals surface area contributed by atoms with Crippen LogP contribution in [0.3, 0.4) is 0 Å². The van der Waals surface area contributed by atoms with Crippen LogP contribution in [0.25, 0.3) is 0 Å². The first-order chi connectivity index (χ1) is 10.5. The van der Waals surface area contributed by atoms with E-state index in [1.807, 2.05) is 4.90 Å². The molecule has 2 heteroatoms. The van der Waals surface area contributed by atoms with Crippen LogP contribution in [0.5, 0.6) is 0 Å². The van der Waals surface area contributed by atoms with Crippen LogP contribution in [-0.2, 0) is 4.79 Å². The molecule has 1 fully saturated rings. The predicted octanol–water partition coefficient (Wildman–Crippen LogP) is 5.50. The summed E-state index contributed by atoms with van der Waals surface area (Å²) in [6.07, 6.45) is 18.5. The number of nitrogens with zero attached hydrogens (tertiary/aromatic N) is 1. The number of carbonyl (C=O) groups is 1. The average molecular weight is 306 g/mol. The number of amides is 1. The van der Waals surface area contributed by atoms with E-state index in [9.17, 15) is 4.79 Å². The second kappa shape index (κ2) is 9.86. The largest absolute Gasteiger partial charge is 0.334 e. The Morgan fingerprint density at radius 1 is 1.00 bits per heavy atom. The highest BCUT2D eigenvalue weighted by Gasteiger charge is 2.36. The van der Waals surface area contributed by atoms with Crippen LogP contribution in [0.4, 0.5) is 0 Å². The second-order valence-corrected chi connectivity index (χ2v) is 7.41. The minimum absolute atomic E-state index is 0.0802. The van der Waals surface area contributed by atoms with Gasteiger partial charge in [0, 0.05) is 18.0 Å². The molecule has 1 saturated carbocycles. The van der Waals surface area contributed by atoms with E-state index in [4.69, 9.17) is 0 Å². The number of unbranched alkanes of at least 4 members (excludes halogenated alkanes) is 4. The molecule has 0 aromatic heterocycles. The zero-order valence-corrected chi connectivity index (χ0v) is 15.1. The Morgan fingerprint density at radius 2 is 1.59 bits per heavy atom. The standard InChI is InChI=1S/C20H35NO/c1-5-6-7-8-9-10-11-12-13-14-17-21(20(2,3)4)19(22)18-15-16-18/h9-10,13-14,18H,5-8,11-12,15-17H2,1-4H3/b10-9-,14-13+. The van der Waals surface area contributed by atoms with Gasteiger partial charge in [0.25, 0.3) is 0 Å². The molecule has 0 aromatic carbocycles. The zero-order chi connectivity index (χ0) is 16.4. The molecule has 126 valence electrons. The summed E-state index contributed by atoms with van der Waals surface area (Å²) in [5.74, 6) is 0.645. The quantitative estimate of drug-likeness (QED) is 0.385. The normalized spacial score (nSPS) is 15.8. The summed E-state index contributed by atoms with van der Waals surface area (Å²) in [5.41, 5.74) is -0.0802. The molecule has 22 heavy (non-hydrogen) atoms. The van der Waals surface area contributed by atoms with Gasteiger partial charge in [-0.25, -0.2) is 0 Å². The van der Waals surface area contributed by atoms with E-state index >= 15 is 0 Å². The maximum atomic E-state index is 12.3. The monoisotopic (exact) mass is 305 g/mol. The molecule has 0 aliphatic heterocycles. The van der Waals surface area contributed by atoms with Crippen molar-refractivity contribution in [3.05, 3.63) is 24.3 Å². The fourth-order valence-corrected chi connectivity index (χ4v) is 2.48. The summed E-state index contributed by atoms with van der Waals surface area (Å²) in [6.45, 7) is 9.36. The number of carbonyl (C=O) groups excluding carboxylic acids is 1. The maximum absolute atomic E-state index is 12.3. The molecule has 1 aliphatic carbocycles. The van der Waals surface area contributed by atoms with Crippen LogP contribution in [-0.4, -0.2) is 22.9 Å². The molecule has 1 rings (SSSR count). The topological polar surface area (TPSA) is 20.3 Å². The lowest BCUT2D eigenvalue weighted by Crippen LogP contribution is -2.46. The third kappa shape index (κ3) is 7.82. The van der Waals surface area contributed by atoms with Gasteiger partial charge in [0.2, 0.25) is 5.91 Å². The molecule has 0 atom stereocenters. The fraction of sp³-hybridized carbons (Fsp3) is 0.750. The van der Waals surface area contributed by atoms with Gasteiger partial charge in [-0.2, -0.15) is 0 Å². The first-order valence-electron chi connectivity index (χ1n) is 9.08. The molecular formula is C20H35NO. The van der Waals surface area contributed by atoms with Gasteiger partial charge in [-0.1, -0.05) is 44.1 Å². The molecule has 0 bridgehead atoms. The summed E-state index contributed by atoms with van der Waals surface area (Å²) in [5, 5.41) is 0. The minimum Gasteiger partial charge on any atom is -0.334 e. The van der Waals surface area contributed by atoms with E-state index in [0.717, 1.165) is 32.2 Å². The van der Waals surface area contributed by atoms with Gasteiger partial charge in [0.1, 0.15) is 0 Å². The van der Waals surface area contributed by atoms with Crippen LogP contribution in [0.15, 0.2) is 24.3 Å². The van der Waals surface area contributed by atoms with Gasteiger partial charge < -0.3 is 4.90 Å². The predicted molar refractivity (Wildman–Crippen MR) is 95.8 cm³/mol. The molecule has 0 N–H and O–H groups in total. The summed E-state index contributed by atoms with van der Waals surface area (Å²) in [7, 11) is 0. The van der Waals surface area contributed by atoms with E-state index in [1.54, 1.807) is 0 Å². The Balaban J connectivity index is 2.22. The first kappa shape index (κ1) is 19.0. The van der Waals surface area contributed by atoms with Crippen molar-refractivity contribution < 1.29 is 4.79 Å². The third-order valence-electron chi connectivity index (χ3n) is 4.10. The maximum Gasteiger partial charge on any atom is 0.226 e. The number of allylic oxidation sites excluding steroid dienone is 3. The van der Waals surface area contributed by atoms with E-state index in [2.05, 4.69) is 52.0 Å². The van der Waals surface area contributed by atoms with E-state index < -0.39 is 0 Å². The van der Waals surface area contributed by atoms with E-state index in [1.165, 1.54) is 25.7 Å². The van der Waals surface area contributed by atoms with Crippen LogP contribution >= 0.6 is 0 Å². The molecular weight excluding hydrogens is 270 g/mol. The van der Waals surface area contributed by atoms with Gasteiger partial charge in [-0.3, -0.25) is 4.79 Å². The highest BCUT2D eigenvalue weighted by molar-refractivity contribution is 5.81. The average Bonchev–Trinajstić information content (AvgIpc) is 3.27.